The number of fused-ring (bicyclic) bond motifs is 1. The van der Waals surface area contributed by atoms with Gasteiger partial charge in [-0.1, -0.05) is 49.2 Å². The summed E-state index contributed by atoms with van der Waals surface area (Å²) < 4.78 is 5.62. The fraction of sp³-hybridized carbons (Fsp3) is 0.348. The van der Waals surface area contributed by atoms with Gasteiger partial charge in [0.25, 0.3) is 5.91 Å². The number of aromatic amines is 1. The van der Waals surface area contributed by atoms with Crippen LogP contribution in [0.4, 0.5) is 0 Å². The van der Waals surface area contributed by atoms with Crippen molar-refractivity contribution < 1.29 is 9.53 Å². The van der Waals surface area contributed by atoms with Gasteiger partial charge in [-0.05, 0) is 31.9 Å². The zero-order valence-corrected chi connectivity index (χ0v) is 16.0. The number of carbonyl (C=O) groups excluding carboxylic acids is 1. The lowest BCUT2D eigenvalue weighted by Gasteiger charge is -2.31. The second-order valence-electron chi connectivity index (χ2n) is 7.54. The van der Waals surface area contributed by atoms with Crippen molar-refractivity contribution in [3.63, 3.8) is 0 Å². The molecule has 2 aromatic carbocycles. The lowest BCUT2D eigenvalue weighted by Crippen LogP contribution is -2.39. The van der Waals surface area contributed by atoms with Crippen LogP contribution in [0.5, 0.6) is 5.75 Å². The lowest BCUT2D eigenvalue weighted by atomic mass is 9.78. The van der Waals surface area contributed by atoms with Gasteiger partial charge in [-0.3, -0.25) is 4.79 Å². The van der Waals surface area contributed by atoms with Gasteiger partial charge in [0.05, 0.1) is 12.7 Å². The molecule has 1 aliphatic carbocycles. The van der Waals surface area contributed by atoms with Gasteiger partial charge in [0.15, 0.2) is 0 Å². The molecule has 0 radical (unpaired) electrons. The van der Waals surface area contributed by atoms with Crippen molar-refractivity contribution in [2.75, 3.05) is 13.7 Å². The molecule has 1 aromatic heterocycles. The van der Waals surface area contributed by atoms with Crippen LogP contribution >= 0.6 is 0 Å². The van der Waals surface area contributed by atoms with Crippen LogP contribution in [0.2, 0.25) is 0 Å². The maximum Gasteiger partial charge on any atom is 0.253 e. The number of ether oxygens (including phenoxy) is 1. The standard InChI is InChI=1S/C23H26N2O2/c1-16-21(17-9-3-5-11-19(17)25-16)22(26)24-15-23(13-7-8-14-23)18-10-4-6-12-20(18)27-2/h3-6,9-12,25H,7-8,13-15H2,1-2H3,(H,24,26). The molecule has 1 amide bonds. The number of aryl methyl sites for hydroxylation is 1. The van der Waals surface area contributed by atoms with E-state index in [1.54, 1.807) is 7.11 Å². The quantitative estimate of drug-likeness (QED) is 0.689. The second kappa shape index (κ2) is 7.10. The van der Waals surface area contributed by atoms with E-state index in [0.717, 1.165) is 40.8 Å². The van der Waals surface area contributed by atoms with Crippen molar-refractivity contribution in [1.29, 1.82) is 0 Å². The molecule has 1 fully saturated rings. The van der Waals surface area contributed by atoms with Crippen LogP contribution in [0.3, 0.4) is 0 Å². The van der Waals surface area contributed by atoms with Crippen LogP contribution in [0.1, 0.15) is 47.3 Å². The topological polar surface area (TPSA) is 54.1 Å². The maximum atomic E-state index is 13.1. The Morgan fingerprint density at radius 3 is 2.59 bits per heavy atom. The van der Waals surface area contributed by atoms with E-state index >= 15 is 0 Å². The number of benzene rings is 2. The molecule has 0 atom stereocenters. The van der Waals surface area contributed by atoms with Gasteiger partial charge in [-0.2, -0.15) is 0 Å². The van der Waals surface area contributed by atoms with Gasteiger partial charge in [-0.25, -0.2) is 0 Å². The van der Waals surface area contributed by atoms with Crippen LogP contribution in [-0.4, -0.2) is 24.5 Å². The van der Waals surface area contributed by atoms with Crippen LogP contribution in [0.25, 0.3) is 10.9 Å². The molecule has 27 heavy (non-hydrogen) atoms. The summed E-state index contributed by atoms with van der Waals surface area (Å²) in [7, 11) is 1.72. The molecule has 0 bridgehead atoms. The lowest BCUT2D eigenvalue weighted by molar-refractivity contribution is 0.0944. The van der Waals surface area contributed by atoms with E-state index in [0.29, 0.717) is 6.54 Å². The Balaban J connectivity index is 1.62. The van der Waals surface area contributed by atoms with Crippen LogP contribution < -0.4 is 10.1 Å². The SMILES string of the molecule is COc1ccccc1C1(CNC(=O)c2c(C)[nH]c3ccccc23)CCCC1. The Bertz CT molecular complexity index is 967. The number of para-hydroxylation sites is 2. The van der Waals surface area contributed by atoms with Gasteiger partial charge in [0.2, 0.25) is 0 Å². The first kappa shape index (κ1) is 17.7. The van der Waals surface area contributed by atoms with Gasteiger partial charge >= 0.3 is 0 Å². The predicted octanol–water partition coefficient (Wildman–Crippen LogP) is 4.73. The Morgan fingerprint density at radius 2 is 1.81 bits per heavy atom. The zero-order chi connectivity index (χ0) is 18.9. The number of carbonyl (C=O) groups is 1. The van der Waals surface area contributed by atoms with Crippen LogP contribution in [0.15, 0.2) is 48.5 Å². The minimum atomic E-state index is -0.0533. The number of methoxy groups -OCH3 is 1. The Kier molecular flexibility index (Phi) is 4.65. The summed E-state index contributed by atoms with van der Waals surface area (Å²) in [6, 6.07) is 16.2. The molecule has 3 aromatic rings. The molecule has 140 valence electrons. The maximum absolute atomic E-state index is 13.1. The molecule has 4 nitrogen and oxygen atoms in total. The predicted molar refractivity (Wildman–Crippen MR) is 109 cm³/mol. The average Bonchev–Trinajstić information content (AvgIpc) is 3.30. The number of rotatable bonds is 5. The summed E-state index contributed by atoms with van der Waals surface area (Å²) in [5.41, 5.74) is 3.81. The molecule has 1 heterocycles. The Labute approximate surface area is 159 Å². The van der Waals surface area contributed by atoms with Crippen LogP contribution in [-0.2, 0) is 5.41 Å². The van der Waals surface area contributed by atoms with E-state index in [-0.39, 0.29) is 11.3 Å². The van der Waals surface area contributed by atoms with E-state index in [2.05, 4.69) is 22.4 Å². The fourth-order valence-electron chi connectivity index (χ4n) is 4.58. The summed E-state index contributed by atoms with van der Waals surface area (Å²) in [4.78, 5) is 16.4. The monoisotopic (exact) mass is 362 g/mol. The number of hydrogen-bond acceptors (Lipinski definition) is 2. The first-order chi connectivity index (χ1) is 13.1. The highest BCUT2D eigenvalue weighted by Crippen LogP contribution is 2.44. The summed E-state index contributed by atoms with van der Waals surface area (Å²) >= 11 is 0. The molecule has 0 unspecified atom stereocenters. The summed E-state index contributed by atoms with van der Waals surface area (Å²) in [5, 5.41) is 4.21. The van der Waals surface area contributed by atoms with Crippen LogP contribution in [0, 0.1) is 6.92 Å². The van der Waals surface area contributed by atoms with Crippen molar-refractivity contribution in [2.45, 2.75) is 38.0 Å². The highest BCUT2D eigenvalue weighted by Gasteiger charge is 2.38. The van der Waals surface area contributed by atoms with E-state index in [1.165, 1.54) is 18.4 Å². The number of amides is 1. The van der Waals surface area contributed by atoms with Gasteiger partial charge in [0.1, 0.15) is 5.75 Å². The summed E-state index contributed by atoms with van der Waals surface area (Å²) in [5.74, 6) is 0.906. The number of H-pyrrole nitrogens is 1. The normalized spacial score (nSPS) is 15.8. The minimum absolute atomic E-state index is 0.00822. The van der Waals surface area contributed by atoms with Gasteiger partial charge in [-0.15, -0.1) is 0 Å². The third-order valence-corrected chi connectivity index (χ3v) is 5.95. The molecule has 1 saturated carbocycles. The summed E-state index contributed by atoms with van der Waals surface area (Å²) in [6.07, 6.45) is 4.50. The fourth-order valence-corrected chi connectivity index (χ4v) is 4.58. The number of nitrogens with one attached hydrogen (secondary N) is 2. The highest BCUT2D eigenvalue weighted by atomic mass is 16.5. The van der Waals surface area contributed by atoms with Crippen molar-refractivity contribution in [2.24, 2.45) is 0 Å². The third-order valence-electron chi connectivity index (χ3n) is 5.95. The highest BCUT2D eigenvalue weighted by molar-refractivity contribution is 6.08. The molecular weight excluding hydrogens is 336 g/mol. The number of aromatic nitrogens is 1. The van der Waals surface area contributed by atoms with E-state index < -0.39 is 0 Å². The molecule has 0 saturated heterocycles. The largest absolute Gasteiger partial charge is 0.496 e. The molecular formula is C23H26N2O2. The van der Waals surface area contributed by atoms with E-state index in [1.807, 2.05) is 43.3 Å². The zero-order valence-electron chi connectivity index (χ0n) is 16.0. The van der Waals surface area contributed by atoms with Crippen molar-refractivity contribution in [3.8, 4) is 5.75 Å². The van der Waals surface area contributed by atoms with Gasteiger partial charge in [0, 0.05) is 34.1 Å². The molecule has 0 spiro atoms. The van der Waals surface area contributed by atoms with E-state index in [9.17, 15) is 4.79 Å². The first-order valence-electron chi connectivity index (χ1n) is 9.64. The minimum Gasteiger partial charge on any atom is -0.496 e. The van der Waals surface area contributed by atoms with Crippen molar-refractivity contribution in [3.05, 3.63) is 65.4 Å². The average molecular weight is 362 g/mol. The molecule has 0 aliphatic heterocycles. The molecule has 4 heteroatoms. The van der Waals surface area contributed by atoms with Crippen molar-refractivity contribution >= 4 is 16.8 Å². The Morgan fingerprint density at radius 1 is 1.11 bits per heavy atom. The number of hydrogen-bond donors (Lipinski definition) is 2. The first-order valence-corrected chi connectivity index (χ1v) is 9.64. The van der Waals surface area contributed by atoms with Gasteiger partial charge < -0.3 is 15.0 Å². The molecule has 2 N–H and O–H groups in total. The smallest absolute Gasteiger partial charge is 0.253 e. The second-order valence-corrected chi connectivity index (χ2v) is 7.54. The molecule has 4 rings (SSSR count). The third kappa shape index (κ3) is 3.09. The molecule has 1 aliphatic rings. The van der Waals surface area contributed by atoms with Crippen molar-refractivity contribution in [1.82, 2.24) is 10.3 Å². The summed E-state index contributed by atoms with van der Waals surface area (Å²) in [6.45, 7) is 2.59. The van der Waals surface area contributed by atoms with E-state index in [4.69, 9.17) is 4.74 Å². The Hall–Kier alpha value is -2.75.